The van der Waals surface area contributed by atoms with Gasteiger partial charge < -0.3 is 34.9 Å². The number of pyridine rings is 1. The monoisotopic (exact) mass is 767 g/mol. The lowest BCUT2D eigenvalue weighted by Crippen LogP contribution is -2.58. The summed E-state index contributed by atoms with van der Waals surface area (Å²) in [6, 6.07) is 3.42. The van der Waals surface area contributed by atoms with Gasteiger partial charge in [0.1, 0.15) is 41.3 Å². The summed E-state index contributed by atoms with van der Waals surface area (Å²) >= 11 is 0. The number of hydrogen-bond donors (Lipinski definition) is 4. The number of nitrogens with one attached hydrogen (secondary N) is 3. The minimum atomic E-state index is -4.00. The number of carbonyl (C=O) groups excluding carboxylic acids is 3. The molecule has 2 saturated carbocycles. The topological polar surface area (TPSA) is 203 Å². The summed E-state index contributed by atoms with van der Waals surface area (Å²) < 4.78 is 45.3. The molecule has 1 aromatic carbocycles. The van der Waals surface area contributed by atoms with E-state index in [1.165, 1.54) is 4.90 Å². The Morgan fingerprint density at radius 2 is 1.93 bits per heavy atom. The van der Waals surface area contributed by atoms with Crippen molar-refractivity contribution < 1.29 is 46.9 Å². The Morgan fingerprint density at radius 1 is 1.13 bits per heavy atom. The number of carbonyl (C=O) groups is 4. The first-order valence-electron chi connectivity index (χ1n) is 18.8. The molecule has 54 heavy (non-hydrogen) atoms. The van der Waals surface area contributed by atoms with Gasteiger partial charge in [0.25, 0.3) is 5.91 Å². The number of ether oxygens (including phenoxy) is 3. The molecule has 16 heteroatoms. The summed E-state index contributed by atoms with van der Waals surface area (Å²) in [6.07, 6.45) is 7.52. The lowest BCUT2D eigenvalue weighted by Gasteiger charge is -2.36. The van der Waals surface area contributed by atoms with Crippen LogP contribution in [0.2, 0.25) is 0 Å². The van der Waals surface area contributed by atoms with Crippen LogP contribution >= 0.6 is 0 Å². The maximum Gasteiger partial charge on any atom is 0.405 e. The average Bonchev–Trinajstić information content (AvgIpc) is 4.02. The summed E-state index contributed by atoms with van der Waals surface area (Å²) in [5.41, 5.74) is -0.212. The van der Waals surface area contributed by atoms with Crippen molar-refractivity contribution in [3.63, 3.8) is 0 Å². The first kappa shape index (κ1) is 37.9. The van der Waals surface area contributed by atoms with Crippen LogP contribution in [-0.2, 0) is 35.6 Å². The Kier molecular flexibility index (Phi) is 10.0. The first-order valence-corrected chi connectivity index (χ1v) is 20.3. The molecule has 5 atom stereocenters. The molecule has 15 nitrogen and oxygen atoms in total. The van der Waals surface area contributed by atoms with E-state index in [4.69, 9.17) is 19.2 Å². The van der Waals surface area contributed by atoms with E-state index < -0.39 is 67.7 Å². The minimum absolute atomic E-state index is 0.00589. The van der Waals surface area contributed by atoms with Crippen LogP contribution in [-0.4, -0.2) is 102 Å². The van der Waals surface area contributed by atoms with E-state index in [-0.39, 0.29) is 25.8 Å². The molecular formula is C38H49N5O10S. The predicted octanol–water partition coefficient (Wildman–Crippen LogP) is 3.26. The molecule has 0 radical (unpaired) electrons. The van der Waals surface area contributed by atoms with Crippen LogP contribution in [0.5, 0.6) is 11.5 Å². The average molecular weight is 768 g/mol. The quantitative estimate of drug-likeness (QED) is 0.227. The van der Waals surface area contributed by atoms with Gasteiger partial charge in [0.2, 0.25) is 21.8 Å². The van der Waals surface area contributed by atoms with Crippen LogP contribution in [0, 0.1) is 12.8 Å². The maximum absolute atomic E-state index is 14.5. The van der Waals surface area contributed by atoms with Crippen molar-refractivity contribution in [2.45, 2.75) is 112 Å². The van der Waals surface area contributed by atoms with Crippen LogP contribution in [0.3, 0.4) is 0 Å². The van der Waals surface area contributed by atoms with Crippen molar-refractivity contribution in [3.05, 3.63) is 41.6 Å². The van der Waals surface area contributed by atoms with E-state index in [1.54, 1.807) is 14.0 Å². The normalized spacial score (nSPS) is 29.7. The number of carboxylic acid groups (broad SMARTS) is 1. The van der Waals surface area contributed by atoms with Crippen molar-refractivity contribution in [2.24, 2.45) is 5.92 Å². The number of allylic oxidation sites excluding steroid dienone is 1. The highest BCUT2D eigenvalue weighted by Crippen LogP contribution is 2.49. The molecule has 1 aromatic heterocycles. The van der Waals surface area contributed by atoms with Gasteiger partial charge in [-0.05, 0) is 83.4 Å². The first-order chi connectivity index (χ1) is 25.7. The molecule has 7 rings (SSSR count). The number of aromatic nitrogens is 1. The van der Waals surface area contributed by atoms with Crippen molar-refractivity contribution in [1.82, 2.24) is 25.2 Å². The van der Waals surface area contributed by atoms with Gasteiger partial charge in [-0.3, -0.25) is 19.1 Å². The lowest BCUT2D eigenvalue weighted by atomic mass is 9.87. The molecule has 0 bridgehead atoms. The van der Waals surface area contributed by atoms with E-state index in [1.807, 2.05) is 37.3 Å². The third-order valence-electron chi connectivity index (χ3n) is 11.8. The fourth-order valence-electron chi connectivity index (χ4n) is 8.15. The summed E-state index contributed by atoms with van der Waals surface area (Å²) in [6.45, 7) is 4.24. The number of fused-ring (bicyclic) bond motifs is 5. The number of rotatable bonds is 8. The van der Waals surface area contributed by atoms with Crippen LogP contribution in [0.1, 0.15) is 82.4 Å². The number of aryl methyl sites for hydroxylation is 2. The Labute approximate surface area is 314 Å². The molecule has 4 amide bonds. The van der Waals surface area contributed by atoms with Gasteiger partial charge in [-0.2, -0.15) is 0 Å². The zero-order chi connectivity index (χ0) is 38.5. The number of sulfonamides is 1. The lowest BCUT2D eigenvalue weighted by molar-refractivity contribution is -0.141. The number of hydrogen-bond acceptors (Lipinski definition) is 10. The zero-order valence-electron chi connectivity index (χ0n) is 30.9. The second-order valence-corrected chi connectivity index (χ2v) is 17.9. The molecule has 0 unspecified atom stereocenters. The molecule has 1 spiro atoms. The maximum atomic E-state index is 14.5. The van der Waals surface area contributed by atoms with Gasteiger partial charge in [0.15, 0.2) is 0 Å². The number of nitrogens with zero attached hydrogens (tertiary/aromatic N) is 2. The number of benzene rings is 1. The van der Waals surface area contributed by atoms with E-state index in [0.717, 1.165) is 29.3 Å². The summed E-state index contributed by atoms with van der Waals surface area (Å²) in [5, 5.41) is 15.8. The summed E-state index contributed by atoms with van der Waals surface area (Å²) in [4.78, 5) is 60.8. The second kappa shape index (κ2) is 14.3. The Bertz CT molecular complexity index is 2000. The Balaban J connectivity index is 1.22. The van der Waals surface area contributed by atoms with Gasteiger partial charge in [-0.15, -0.1) is 0 Å². The molecule has 5 aliphatic rings. The van der Waals surface area contributed by atoms with Gasteiger partial charge in [-0.1, -0.05) is 25.0 Å². The van der Waals surface area contributed by atoms with Gasteiger partial charge in [-0.25, -0.2) is 18.2 Å². The summed E-state index contributed by atoms with van der Waals surface area (Å²) in [5.74, 6) is -1.23. The second-order valence-electron chi connectivity index (χ2n) is 15.7. The smallest absolute Gasteiger partial charge is 0.405 e. The molecule has 3 aliphatic heterocycles. The van der Waals surface area contributed by atoms with Gasteiger partial charge >= 0.3 is 6.09 Å². The van der Waals surface area contributed by atoms with Crippen LogP contribution in [0.25, 0.3) is 10.9 Å². The third kappa shape index (κ3) is 7.21. The molecule has 2 aromatic rings. The van der Waals surface area contributed by atoms with Gasteiger partial charge in [0, 0.05) is 30.4 Å². The molecular weight excluding hydrogens is 719 g/mol. The minimum Gasteiger partial charge on any atom is -0.491 e. The standard InChI is InChI=1S/C38H49N5O10S/c1-23-31-26(27-19-25(52-18-17-51-3)11-12-28(27)39-23)13-14-37(53-31)21-30-32(44)41-38(34(46)42-54(49,50)36(2)15-16-36)20-24(38)9-7-5-4-6-8-10-29(40-35(47)48)33(45)43(30)22-37/h7,9,11-12,19,24,29-30,40H,4-6,8,10,13-18,20-22H2,1-3H3,(H,41,44)(H,42,46)(H,47,48)/b9-7-/t24-,29+,30+,37-,38-/m1/s1. The number of methoxy groups -OCH3 is 1. The van der Waals surface area contributed by atoms with E-state index in [2.05, 4.69) is 15.4 Å². The molecule has 3 fully saturated rings. The molecule has 4 heterocycles. The highest BCUT2D eigenvalue weighted by Gasteiger charge is 2.64. The fraction of sp³-hybridized carbons (Fsp3) is 0.605. The number of amides is 4. The van der Waals surface area contributed by atoms with E-state index in [9.17, 15) is 32.7 Å². The largest absolute Gasteiger partial charge is 0.491 e. The Morgan fingerprint density at radius 3 is 2.67 bits per heavy atom. The SMILES string of the molecule is COCCOc1ccc2nc(C)c3c(c2c1)CC[C@]1(C[C@H]2C(=O)N[C@]4(C(=O)NS(=O)(=O)C5(C)CC5)C[C@H]4/C=C\CCCCC[C@H](NC(=O)O)C(=O)N2C1)O3. The van der Waals surface area contributed by atoms with Crippen molar-refractivity contribution in [3.8, 4) is 11.5 Å². The third-order valence-corrected chi connectivity index (χ3v) is 14.0. The highest BCUT2D eigenvalue weighted by molar-refractivity contribution is 7.91. The van der Waals surface area contributed by atoms with Crippen LogP contribution in [0.4, 0.5) is 4.79 Å². The van der Waals surface area contributed by atoms with Gasteiger partial charge in [0.05, 0.1) is 29.1 Å². The molecule has 4 N–H and O–H groups in total. The summed E-state index contributed by atoms with van der Waals surface area (Å²) in [7, 11) is -2.39. The molecule has 2 aliphatic carbocycles. The van der Waals surface area contributed by atoms with Crippen LogP contribution < -0.4 is 24.8 Å². The predicted molar refractivity (Wildman–Crippen MR) is 197 cm³/mol. The zero-order valence-corrected chi connectivity index (χ0v) is 31.8. The highest BCUT2D eigenvalue weighted by atomic mass is 32.2. The van der Waals surface area contributed by atoms with Crippen molar-refractivity contribution >= 4 is 44.7 Å². The fourth-order valence-corrected chi connectivity index (χ4v) is 9.46. The molecule has 292 valence electrons. The van der Waals surface area contributed by atoms with Crippen molar-refractivity contribution in [1.29, 1.82) is 0 Å². The Hall–Kier alpha value is -4.44. The molecule has 1 saturated heterocycles. The van der Waals surface area contributed by atoms with Crippen LogP contribution in [0.15, 0.2) is 30.4 Å². The van der Waals surface area contributed by atoms with E-state index >= 15 is 0 Å². The van der Waals surface area contributed by atoms with Crippen molar-refractivity contribution in [2.75, 3.05) is 26.9 Å². The van der Waals surface area contributed by atoms with E-state index in [0.29, 0.717) is 68.9 Å².